The van der Waals surface area contributed by atoms with Crippen LogP contribution in [0.25, 0.3) is 10.8 Å². The fourth-order valence-corrected chi connectivity index (χ4v) is 5.54. The summed E-state index contributed by atoms with van der Waals surface area (Å²) in [6, 6.07) is 8.10. The predicted molar refractivity (Wildman–Crippen MR) is 126 cm³/mol. The van der Waals surface area contributed by atoms with Crippen LogP contribution in [0.2, 0.25) is 0 Å². The van der Waals surface area contributed by atoms with E-state index >= 15 is 0 Å². The van der Waals surface area contributed by atoms with Crippen LogP contribution < -0.4 is 10.1 Å². The van der Waals surface area contributed by atoms with Crippen molar-refractivity contribution in [2.75, 3.05) is 0 Å². The normalized spacial score (nSPS) is 27.7. The molecule has 2 aliphatic carbocycles. The molecular formula is C27H34F3NO3. The number of carboxylic acid groups (broad SMARTS) is 1. The average molecular weight is 478 g/mol. The third-order valence-corrected chi connectivity index (χ3v) is 8.06. The zero-order chi connectivity index (χ0) is 24.8. The van der Waals surface area contributed by atoms with Gasteiger partial charge in [0.05, 0.1) is 12.0 Å². The van der Waals surface area contributed by atoms with Gasteiger partial charge in [0, 0.05) is 12.1 Å². The summed E-state index contributed by atoms with van der Waals surface area (Å²) in [5, 5.41) is 13.5. The second-order valence-electron chi connectivity index (χ2n) is 10.8. The molecule has 0 amide bonds. The van der Waals surface area contributed by atoms with Crippen LogP contribution in [0.1, 0.15) is 77.0 Å². The number of halogens is 3. The number of rotatable bonds is 6. The third-order valence-electron chi connectivity index (χ3n) is 8.06. The molecule has 2 aliphatic rings. The van der Waals surface area contributed by atoms with Crippen molar-refractivity contribution >= 4 is 16.7 Å². The summed E-state index contributed by atoms with van der Waals surface area (Å²) in [5.41, 5.74) is -0.228. The summed E-state index contributed by atoms with van der Waals surface area (Å²) in [6.45, 7) is 7.99. The zero-order valence-electron chi connectivity index (χ0n) is 20.2. The molecule has 0 spiro atoms. The van der Waals surface area contributed by atoms with Crippen molar-refractivity contribution in [3.8, 4) is 5.75 Å². The van der Waals surface area contributed by atoms with E-state index in [-0.39, 0.29) is 34.7 Å². The molecule has 2 N–H and O–H groups in total. The molecule has 4 rings (SSSR count). The molecule has 2 aromatic carbocycles. The molecule has 7 heteroatoms. The van der Waals surface area contributed by atoms with E-state index in [2.05, 4.69) is 12.2 Å². The van der Waals surface area contributed by atoms with E-state index in [0.717, 1.165) is 31.2 Å². The Bertz CT molecular complexity index is 1060. The highest BCUT2D eigenvalue weighted by Gasteiger charge is 2.52. The summed E-state index contributed by atoms with van der Waals surface area (Å²) in [4.78, 5) is 11.4. The van der Waals surface area contributed by atoms with Gasteiger partial charge < -0.3 is 15.2 Å². The maximum atomic E-state index is 14.1. The van der Waals surface area contributed by atoms with E-state index in [1.54, 1.807) is 18.2 Å². The van der Waals surface area contributed by atoms with Gasteiger partial charge in [0.25, 0.3) is 0 Å². The number of fused-ring (bicyclic) bond motifs is 1. The Labute approximate surface area is 198 Å². The Balaban J connectivity index is 1.57. The van der Waals surface area contributed by atoms with E-state index in [1.165, 1.54) is 12.1 Å². The number of aliphatic carboxylic acids is 1. The molecule has 0 saturated heterocycles. The first-order valence-corrected chi connectivity index (χ1v) is 12.2. The Morgan fingerprint density at radius 3 is 2.41 bits per heavy atom. The monoisotopic (exact) mass is 477 g/mol. The minimum absolute atomic E-state index is 0.0269. The van der Waals surface area contributed by atoms with Crippen molar-refractivity contribution in [2.24, 2.45) is 17.3 Å². The minimum Gasteiger partial charge on any atom is -0.490 e. The summed E-state index contributed by atoms with van der Waals surface area (Å²) in [6.07, 6.45) is -0.669. The lowest BCUT2D eigenvalue weighted by molar-refractivity contribution is -0.155. The first-order valence-electron chi connectivity index (χ1n) is 12.2. The van der Waals surface area contributed by atoms with E-state index in [4.69, 9.17) is 4.74 Å². The second-order valence-corrected chi connectivity index (χ2v) is 10.8. The van der Waals surface area contributed by atoms with Gasteiger partial charge in [-0.25, -0.2) is 0 Å². The Morgan fingerprint density at radius 1 is 1.15 bits per heavy atom. The summed E-state index contributed by atoms with van der Waals surface area (Å²) < 4.78 is 48.3. The Hall–Kier alpha value is -2.28. The fourth-order valence-electron chi connectivity index (χ4n) is 5.54. The first-order chi connectivity index (χ1) is 15.9. The standard InChI is InChI=1S/C27H34F3NO3/c1-15-5-9-19(10-6-15)34-22-12-8-18-13-17(7-11-20(18)24(22)27(28,29)30)16(2)31-23-14-21(25(32)33)26(23,3)4/h7-8,11-13,15-16,19,21,23,31H,5-6,9-10,14H2,1-4H3,(H,32,33)/t15-,16?,19+,21?,23?. The van der Waals surface area contributed by atoms with Crippen LogP contribution in [0, 0.1) is 17.3 Å². The lowest BCUT2D eigenvalue weighted by Crippen LogP contribution is -2.59. The van der Waals surface area contributed by atoms with Crippen molar-refractivity contribution in [3.05, 3.63) is 41.5 Å². The molecular weight excluding hydrogens is 443 g/mol. The lowest BCUT2D eigenvalue weighted by Gasteiger charge is -2.51. The van der Waals surface area contributed by atoms with Gasteiger partial charge in [-0.3, -0.25) is 4.79 Å². The maximum absolute atomic E-state index is 14.1. The number of ether oxygens (including phenoxy) is 1. The van der Waals surface area contributed by atoms with Gasteiger partial charge in [0.15, 0.2) is 0 Å². The largest absolute Gasteiger partial charge is 0.490 e. The van der Waals surface area contributed by atoms with E-state index < -0.39 is 23.6 Å². The number of hydrogen-bond donors (Lipinski definition) is 2. The molecule has 186 valence electrons. The van der Waals surface area contributed by atoms with Crippen LogP contribution in [0.15, 0.2) is 30.3 Å². The summed E-state index contributed by atoms with van der Waals surface area (Å²) >= 11 is 0. The number of benzene rings is 2. The minimum atomic E-state index is -4.52. The molecule has 2 saturated carbocycles. The number of carbonyl (C=O) groups is 1. The molecule has 2 aromatic rings. The highest BCUT2D eigenvalue weighted by molar-refractivity contribution is 5.89. The summed E-state index contributed by atoms with van der Waals surface area (Å²) in [7, 11) is 0. The van der Waals surface area contributed by atoms with Crippen molar-refractivity contribution in [2.45, 2.75) is 84.2 Å². The molecule has 3 atom stereocenters. The quantitative estimate of drug-likeness (QED) is 0.472. The molecule has 0 bridgehead atoms. The van der Waals surface area contributed by atoms with Gasteiger partial charge in [-0.15, -0.1) is 0 Å². The van der Waals surface area contributed by atoms with E-state index in [9.17, 15) is 23.1 Å². The average Bonchev–Trinajstić information content (AvgIpc) is 2.76. The Morgan fingerprint density at radius 2 is 1.82 bits per heavy atom. The molecule has 3 unspecified atom stereocenters. The number of hydrogen-bond acceptors (Lipinski definition) is 3. The zero-order valence-corrected chi connectivity index (χ0v) is 20.2. The second kappa shape index (κ2) is 9.06. The number of carboxylic acids is 1. The number of nitrogens with one attached hydrogen (secondary N) is 1. The van der Waals surface area contributed by atoms with Crippen molar-refractivity contribution in [1.82, 2.24) is 5.32 Å². The molecule has 2 fully saturated rings. The van der Waals surface area contributed by atoms with Gasteiger partial charge in [-0.2, -0.15) is 13.2 Å². The van der Waals surface area contributed by atoms with Gasteiger partial charge in [0.2, 0.25) is 0 Å². The highest BCUT2D eigenvalue weighted by Crippen LogP contribution is 2.47. The highest BCUT2D eigenvalue weighted by atomic mass is 19.4. The van der Waals surface area contributed by atoms with Gasteiger partial charge >= 0.3 is 12.1 Å². The number of alkyl halides is 3. The van der Waals surface area contributed by atoms with Crippen LogP contribution in [0.5, 0.6) is 5.75 Å². The van der Waals surface area contributed by atoms with Crippen LogP contribution in [0.4, 0.5) is 13.2 Å². The predicted octanol–water partition coefficient (Wildman–Crippen LogP) is 6.97. The fraction of sp³-hybridized carbons (Fsp3) is 0.593. The van der Waals surface area contributed by atoms with Gasteiger partial charge in [-0.1, -0.05) is 39.0 Å². The molecule has 0 heterocycles. The molecule has 34 heavy (non-hydrogen) atoms. The summed E-state index contributed by atoms with van der Waals surface area (Å²) in [5.74, 6) is -0.682. The topological polar surface area (TPSA) is 58.6 Å². The Kier molecular flexibility index (Phi) is 6.62. The maximum Gasteiger partial charge on any atom is 0.420 e. The first kappa shape index (κ1) is 24.8. The third kappa shape index (κ3) is 4.77. The molecule has 0 aliphatic heterocycles. The smallest absolute Gasteiger partial charge is 0.420 e. The van der Waals surface area contributed by atoms with Crippen LogP contribution >= 0.6 is 0 Å². The lowest BCUT2D eigenvalue weighted by atomic mass is 9.58. The van der Waals surface area contributed by atoms with Crippen molar-refractivity contribution < 1.29 is 27.8 Å². The van der Waals surface area contributed by atoms with Crippen LogP contribution in [0.3, 0.4) is 0 Å². The van der Waals surface area contributed by atoms with Gasteiger partial charge in [-0.05, 0) is 78.8 Å². The SMILES string of the molecule is CC(NC1CC(C(=O)O)C1(C)C)c1ccc2c(C(F)(F)F)c(O[C@H]3CC[C@@H](C)CC3)ccc2c1. The van der Waals surface area contributed by atoms with Crippen LogP contribution in [-0.2, 0) is 11.0 Å². The van der Waals surface area contributed by atoms with Crippen LogP contribution in [-0.4, -0.2) is 23.2 Å². The molecule has 0 aromatic heterocycles. The van der Waals surface area contributed by atoms with E-state index in [1.807, 2.05) is 20.8 Å². The van der Waals surface area contributed by atoms with Gasteiger partial charge in [0.1, 0.15) is 11.3 Å². The molecule has 4 nitrogen and oxygen atoms in total. The van der Waals surface area contributed by atoms with E-state index in [0.29, 0.717) is 17.7 Å². The van der Waals surface area contributed by atoms with Crippen molar-refractivity contribution in [3.63, 3.8) is 0 Å². The molecule has 0 radical (unpaired) electrons. The van der Waals surface area contributed by atoms with Crippen molar-refractivity contribution in [1.29, 1.82) is 0 Å².